The number of nitrogens with one attached hydrogen (secondary N) is 1. The van der Waals surface area contributed by atoms with Crippen LogP contribution in [0, 0.1) is 0 Å². The van der Waals surface area contributed by atoms with Crippen LogP contribution in [-0.2, 0) is 20.9 Å². The fourth-order valence-corrected chi connectivity index (χ4v) is 2.94. The molecule has 0 aromatic heterocycles. The fraction of sp³-hybridized carbons (Fsp3) is 0.286. The number of likely N-dealkylation sites (N-methyl/N-ethyl adjacent to an activating group) is 1. The van der Waals surface area contributed by atoms with Gasteiger partial charge in [-0.2, -0.15) is 0 Å². The van der Waals surface area contributed by atoms with Crippen molar-refractivity contribution in [2.45, 2.75) is 13.5 Å². The highest BCUT2D eigenvalue weighted by atomic mass is 16.5. The summed E-state index contributed by atoms with van der Waals surface area (Å²) in [4.78, 5) is 38.9. The summed E-state index contributed by atoms with van der Waals surface area (Å²) in [5, 5.41) is 2.78. The van der Waals surface area contributed by atoms with Crippen LogP contribution in [0.3, 0.4) is 0 Å². The van der Waals surface area contributed by atoms with E-state index in [2.05, 4.69) is 5.32 Å². The number of benzene rings is 2. The second-order valence-electron chi connectivity index (χ2n) is 6.45. The molecular formula is C21H23N3O4. The van der Waals surface area contributed by atoms with E-state index in [1.54, 1.807) is 0 Å². The first kappa shape index (κ1) is 19.4. The molecule has 3 rings (SSSR count). The Morgan fingerprint density at radius 1 is 0.964 bits per heavy atom. The molecule has 28 heavy (non-hydrogen) atoms. The van der Waals surface area contributed by atoms with E-state index in [1.165, 1.54) is 9.80 Å². The summed E-state index contributed by atoms with van der Waals surface area (Å²) >= 11 is 0. The molecule has 0 bridgehead atoms. The predicted molar refractivity (Wildman–Crippen MR) is 104 cm³/mol. The predicted octanol–water partition coefficient (Wildman–Crippen LogP) is 1.79. The summed E-state index contributed by atoms with van der Waals surface area (Å²) in [5.41, 5.74) is 0.875. The lowest BCUT2D eigenvalue weighted by Crippen LogP contribution is -2.56. The number of piperazine rings is 1. The summed E-state index contributed by atoms with van der Waals surface area (Å²) in [5.74, 6) is -0.0678. The summed E-state index contributed by atoms with van der Waals surface area (Å²) in [6, 6.07) is 16.9. The number of amides is 3. The highest BCUT2D eigenvalue weighted by Gasteiger charge is 2.32. The highest BCUT2D eigenvalue weighted by Crippen LogP contribution is 2.21. The van der Waals surface area contributed by atoms with Crippen LogP contribution in [0.2, 0.25) is 0 Å². The number of carbonyl (C=O) groups excluding carboxylic acids is 3. The molecule has 2 aromatic carbocycles. The molecule has 1 fully saturated rings. The van der Waals surface area contributed by atoms with E-state index in [9.17, 15) is 14.4 Å². The average Bonchev–Trinajstić information content (AvgIpc) is 2.71. The molecule has 0 aliphatic carbocycles. The maximum atomic E-state index is 12.2. The van der Waals surface area contributed by atoms with Gasteiger partial charge in [-0.25, -0.2) is 0 Å². The number of rotatable bonds is 7. The van der Waals surface area contributed by atoms with Gasteiger partial charge in [-0.1, -0.05) is 30.3 Å². The maximum absolute atomic E-state index is 12.2. The standard InChI is InChI=1S/C21H23N3O4/c1-2-23-11-12-24(21(27)20(23)26)15-19(25)22-14-16-7-6-10-18(13-16)28-17-8-4-3-5-9-17/h3-10,13H,2,11-12,14-15H2,1H3,(H,22,25). The first-order valence-electron chi connectivity index (χ1n) is 9.23. The zero-order valence-corrected chi connectivity index (χ0v) is 15.8. The van der Waals surface area contributed by atoms with Crippen molar-refractivity contribution in [1.82, 2.24) is 15.1 Å². The third-order valence-corrected chi connectivity index (χ3v) is 4.48. The lowest BCUT2D eigenvalue weighted by molar-refractivity contribution is -0.156. The number of nitrogens with zero attached hydrogens (tertiary/aromatic N) is 2. The molecule has 0 saturated carbocycles. The fourth-order valence-electron chi connectivity index (χ4n) is 2.94. The summed E-state index contributed by atoms with van der Waals surface area (Å²) in [6.07, 6.45) is 0. The Morgan fingerprint density at radius 3 is 2.39 bits per heavy atom. The molecule has 1 saturated heterocycles. The molecule has 7 heteroatoms. The van der Waals surface area contributed by atoms with Gasteiger partial charge in [-0.05, 0) is 36.8 Å². The molecule has 146 valence electrons. The maximum Gasteiger partial charge on any atom is 0.312 e. The van der Waals surface area contributed by atoms with Crippen molar-refractivity contribution in [1.29, 1.82) is 0 Å². The van der Waals surface area contributed by atoms with E-state index >= 15 is 0 Å². The first-order valence-corrected chi connectivity index (χ1v) is 9.23. The van der Waals surface area contributed by atoms with Crippen LogP contribution in [0.1, 0.15) is 12.5 Å². The largest absolute Gasteiger partial charge is 0.457 e. The lowest BCUT2D eigenvalue weighted by atomic mass is 10.2. The van der Waals surface area contributed by atoms with Gasteiger partial charge in [0.15, 0.2) is 0 Å². The molecule has 1 heterocycles. The minimum atomic E-state index is -0.624. The van der Waals surface area contributed by atoms with E-state index in [1.807, 2.05) is 61.5 Å². The third kappa shape index (κ3) is 4.88. The summed E-state index contributed by atoms with van der Waals surface area (Å²) < 4.78 is 5.79. The normalized spacial score (nSPS) is 14.2. The zero-order valence-electron chi connectivity index (χ0n) is 15.8. The van der Waals surface area contributed by atoms with Crippen molar-refractivity contribution in [2.24, 2.45) is 0 Å². The van der Waals surface area contributed by atoms with Gasteiger partial charge < -0.3 is 19.9 Å². The molecule has 0 unspecified atom stereocenters. The van der Waals surface area contributed by atoms with Crippen LogP contribution in [0.4, 0.5) is 0 Å². The molecule has 2 aromatic rings. The Morgan fingerprint density at radius 2 is 1.64 bits per heavy atom. The van der Waals surface area contributed by atoms with Crippen molar-refractivity contribution in [3.63, 3.8) is 0 Å². The number of hydrogen-bond donors (Lipinski definition) is 1. The van der Waals surface area contributed by atoms with Crippen LogP contribution in [0.5, 0.6) is 11.5 Å². The second-order valence-corrected chi connectivity index (χ2v) is 6.45. The Balaban J connectivity index is 1.51. The molecule has 1 aliphatic heterocycles. The van der Waals surface area contributed by atoms with Gasteiger partial charge in [-0.3, -0.25) is 14.4 Å². The van der Waals surface area contributed by atoms with E-state index in [4.69, 9.17) is 4.74 Å². The van der Waals surface area contributed by atoms with Crippen molar-refractivity contribution < 1.29 is 19.1 Å². The minimum absolute atomic E-state index is 0.123. The van der Waals surface area contributed by atoms with Crippen molar-refractivity contribution in [3.05, 3.63) is 60.2 Å². The van der Waals surface area contributed by atoms with E-state index in [0.717, 1.165) is 11.3 Å². The van der Waals surface area contributed by atoms with Gasteiger partial charge in [0.05, 0.1) is 0 Å². The first-order chi connectivity index (χ1) is 13.6. The van der Waals surface area contributed by atoms with Crippen LogP contribution in [0.25, 0.3) is 0 Å². The SMILES string of the molecule is CCN1CCN(CC(=O)NCc2cccc(Oc3ccccc3)c2)C(=O)C1=O. The Hall–Kier alpha value is -3.35. The van der Waals surface area contributed by atoms with E-state index in [-0.39, 0.29) is 12.5 Å². The van der Waals surface area contributed by atoms with E-state index in [0.29, 0.717) is 31.9 Å². The van der Waals surface area contributed by atoms with Crippen LogP contribution in [0.15, 0.2) is 54.6 Å². The average molecular weight is 381 g/mol. The van der Waals surface area contributed by atoms with E-state index < -0.39 is 11.8 Å². The van der Waals surface area contributed by atoms with Gasteiger partial charge in [0.1, 0.15) is 18.0 Å². The van der Waals surface area contributed by atoms with Gasteiger partial charge in [0.25, 0.3) is 0 Å². The number of hydrogen-bond acceptors (Lipinski definition) is 4. The summed E-state index contributed by atoms with van der Waals surface area (Å²) in [6.45, 7) is 3.32. The van der Waals surface area contributed by atoms with Crippen molar-refractivity contribution in [2.75, 3.05) is 26.2 Å². The number of para-hydroxylation sites is 1. The van der Waals surface area contributed by atoms with Gasteiger partial charge in [-0.15, -0.1) is 0 Å². The lowest BCUT2D eigenvalue weighted by Gasteiger charge is -2.32. The Labute approximate surface area is 163 Å². The number of carbonyl (C=O) groups is 3. The topological polar surface area (TPSA) is 79.0 Å². The molecule has 1 N–H and O–H groups in total. The molecule has 0 radical (unpaired) electrons. The van der Waals surface area contributed by atoms with Crippen molar-refractivity contribution >= 4 is 17.7 Å². The van der Waals surface area contributed by atoms with Crippen molar-refractivity contribution in [3.8, 4) is 11.5 Å². The van der Waals surface area contributed by atoms with Crippen LogP contribution < -0.4 is 10.1 Å². The zero-order chi connectivity index (χ0) is 19.9. The van der Waals surface area contributed by atoms with Crippen LogP contribution in [-0.4, -0.2) is 53.7 Å². The molecule has 0 spiro atoms. The Bertz CT molecular complexity index is 854. The molecular weight excluding hydrogens is 358 g/mol. The minimum Gasteiger partial charge on any atom is -0.457 e. The highest BCUT2D eigenvalue weighted by molar-refractivity contribution is 6.35. The van der Waals surface area contributed by atoms with Crippen LogP contribution >= 0.6 is 0 Å². The number of ether oxygens (including phenoxy) is 1. The van der Waals surface area contributed by atoms with Gasteiger partial charge >= 0.3 is 11.8 Å². The quantitative estimate of drug-likeness (QED) is 0.742. The van der Waals surface area contributed by atoms with Gasteiger partial charge in [0, 0.05) is 26.2 Å². The third-order valence-electron chi connectivity index (χ3n) is 4.48. The molecule has 1 aliphatic rings. The molecule has 0 atom stereocenters. The summed E-state index contributed by atoms with van der Waals surface area (Å²) in [7, 11) is 0. The monoisotopic (exact) mass is 381 g/mol. The molecule has 7 nitrogen and oxygen atoms in total. The Kier molecular flexibility index (Phi) is 6.26. The smallest absolute Gasteiger partial charge is 0.312 e. The molecule has 3 amide bonds. The second kappa shape index (κ2) is 9.03. The van der Waals surface area contributed by atoms with Gasteiger partial charge in [0.2, 0.25) is 5.91 Å².